The van der Waals surface area contributed by atoms with Crippen LogP contribution < -0.4 is 5.32 Å². The van der Waals surface area contributed by atoms with E-state index >= 15 is 0 Å². The molecule has 0 aliphatic rings. The molecule has 0 aromatic rings. The fraction of sp³-hybridized carbons (Fsp3) is 0.893. The van der Waals surface area contributed by atoms with Crippen LogP contribution in [0.3, 0.4) is 0 Å². The molecule has 0 aliphatic carbocycles. The summed E-state index contributed by atoms with van der Waals surface area (Å²) in [6, 6.07) is -1.35. The first-order valence-electron chi connectivity index (χ1n) is 14.2. The average molecular weight is 484 g/mol. The van der Waals surface area contributed by atoms with Crippen LogP contribution in [-0.2, 0) is 14.4 Å². The van der Waals surface area contributed by atoms with Gasteiger partial charge in [-0.3, -0.25) is 9.59 Å². The highest BCUT2D eigenvalue weighted by atomic mass is 16.4. The molecule has 3 N–H and O–H groups in total. The van der Waals surface area contributed by atoms with Gasteiger partial charge in [0, 0.05) is 6.42 Å². The normalized spacial score (nSPS) is 11.9. The quantitative estimate of drug-likeness (QED) is 0.110. The Labute approximate surface area is 208 Å². The van der Waals surface area contributed by atoms with Gasteiger partial charge >= 0.3 is 11.9 Å². The summed E-state index contributed by atoms with van der Waals surface area (Å²) >= 11 is 0. The van der Waals surface area contributed by atoms with Gasteiger partial charge in [-0.1, -0.05) is 135 Å². The van der Waals surface area contributed by atoms with Crippen LogP contribution in [-0.4, -0.2) is 34.1 Å². The Morgan fingerprint density at radius 3 is 1.18 bits per heavy atom. The summed E-state index contributed by atoms with van der Waals surface area (Å²) in [4.78, 5) is 33.4. The number of carbonyl (C=O) groups excluding carboxylic acids is 1. The molecule has 0 heterocycles. The Balaban J connectivity index is 3.30. The van der Waals surface area contributed by atoms with Crippen molar-refractivity contribution in [3.05, 3.63) is 0 Å². The van der Waals surface area contributed by atoms with Gasteiger partial charge in [0.2, 0.25) is 5.91 Å². The fourth-order valence-corrected chi connectivity index (χ4v) is 4.36. The molecule has 0 aromatic heterocycles. The highest BCUT2D eigenvalue weighted by Crippen LogP contribution is 2.15. The van der Waals surface area contributed by atoms with Gasteiger partial charge in [-0.2, -0.15) is 0 Å². The van der Waals surface area contributed by atoms with E-state index in [2.05, 4.69) is 12.2 Å². The van der Waals surface area contributed by atoms with E-state index in [9.17, 15) is 14.4 Å². The molecule has 0 spiro atoms. The number of carboxylic acids is 2. The van der Waals surface area contributed by atoms with Crippen molar-refractivity contribution >= 4 is 17.8 Å². The molecule has 6 nitrogen and oxygen atoms in total. The molecular formula is C28H53NO5. The third-order valence-corrected chi connectivity index (χ3v) is 6.52. The van der Waals surface area contributed by atoms with E-state index in [1.54, 1.807) is 0 Å². The Kier molecular flexibility index (Phi) is 23.4. The SMILES string of the molecule is CCCCCCCCCCCCCCCCCCCCCCCC(=O)N[C@@H](CC(=O)O)C(=O)O. The highest BCUT2D eigenvalue weighted by Gasteiger charge is 2.22. The monoisotopic (exact) mass is 483 g/mol. The minimum Gasteiger partial charge on any atom is -0.481 e. The van der Waals surface area contributed by atoms with Gasteiger partial charge in [-0.05, 0) is 6.42 Å². The predicted octanol–water partition coefficient (Wildman–Crippen LogP) is 7.63. The largest absolute Gasteiger partial charge is 0.481 e. The van der Waals surface area contributed by atoms with Gasteiger partial charge in [0.25, 0.3) is 0 Å². The lowest BCUT2D eigenvalue weighted by atomic mass is 10.0. The van der Waals surface area contributed by atoms with Crippen molar-refractivity contribution in [3.8, 4) is 0 Å². The van der Waals surface area contributed by atoms with Crippen molar-refractivity contribution in [1.29, 1.82) is 0 Å². The van der Waals surface area contributed by atoms with Crippen LogP contribution in [0.2, 0.25) is 0 Å². The number of rotatable bonds is 26. The lowest BCUT2D eigenvalue weighted by Gasteiger charge is -2.12. The number of unbranched alkanes of at least 4 members (excludes halogenated alkanes) is 20. The molecule has 0 aliphatic heterocycles. The molecule has 0 aromatic carbocycles. The Morgan fingerprint density at radius 1 is 0.559 bits per heavy atom. The first-order chi connectivity index (χ1) is 16.5. The van der Waals surface area contributed by atoms with Crippen molar-refractivity contribution in [3.63, 3.8) is 0 Å². The minimum atomic E-state index is -1.35. The summed E-state index contributed by atoms with van der Waals surface area (Å²) < 4.78 is 0. The van der Waals surface area contributed by atoms with Gasteiger partial charge in [-0.25, -0.2) is 4.79 Å². The number of carbonyl (C=O) groups is 3. The Hall–Kier alpha value is -1.59. The molecule has 1 amide bonds. The second-order valence-corrected chi connectivity index (χ2v) is 9.88. The Morgan fingerprint density at radius 2 is 0.882 bits per heavy atom. The molecule has 1 atom stereocenters. The molecule has 0 radical (unpaired) electrons. The predicted molar refractivity (Wildman–Crippen MR) is 139 cm³/mol. The first-order valence-corrected chi connectivity index (χ1v) is 14.2. The molecule has 0 bridgehead atoms. The summed E-state index contributed by atoms with van der Waals surface area (Å²) in [7, 11) is 0. The second kappa shape index (κ2) is 24.5. The summed E-state index contributed by atoms with van der Waals surface area (Å²) in [5.74, 6) is -2.93. The van der Waals surface area contributed by atoms with Crippen LogP contribution in [0.5, 0.6) is 0 Å². The van der Waals surface area contributed by atoms with E-state index < -0.39 is 24.4 Å². The standard InChI is InChI=1S/C28H53NO5/c1-2-3-4-5-6-7-8-9-10-11-12-13-14-15-16-17-18-19-20-21-22-23-26(30)29-25(28(33)34)24-27(31)32/h25H,2-24H2,1H3,(H,29,30)(H,31,32)(H,33,34)/t25-/m0/s1. The number of hydrogen-bond donors (Lipinski definition) is 3. The highest BCUT2D eigenvalue weighted by molar-refractivity contribution is 5.86. The van der Waals surface area contributed by atoms with Crippen molar-refractivity contribution < 1.29 is 24.6 Å². The minimum absolute atomic E-state index is 0.252. The van der Waals surface area contributed by atoms with Crippen LogP contribution in [0.15, 0.2) is 0 Å². The molecule has 0 rings (SSSR count). The molecule has 0 fully saturated rings. The summed E-state index contributed by atoms with van der Waals surface area (Å²) in [5, 5.41) is 19.9. The van der Waals surface area contributed by atoms with Gasteiger partial charge in [-0.15, -0.1) is 0 Å². The van der Waals surface area contributed by atoms with Gasteiger partial charge in [0.15, 0.2) is 0 Å². The van der Waals surface area contributed by atoms with Crippen molar-refractivity contribution in [2.75, 3.05) is 0 Å². The molecule has 200 valence electrons. The van der Waals surface area contributed by atoms with Crippen LogP contribution in [0, 0.1) is 0 Å². The zero-order valence-electron chi connectivity index (χ0n) is 22.0. The Bertz CT molecular complexity index is 509. The zero-order valence-corrected chi connectivity index (χ0v) is 22.0. The van der Waals surface area contributed by atoms with E-state index in [-0.39, 0.29) is 12.3 Å². The van der Waals surface area contributed by atoms with Crippen LogP contribution >= 0.6 is 0 Å². The molecule has 0 saturated carbocycles. The number of hydrogen-bond acceptors (Lipinski definition) is 3. The van der Waals surface area contributed by atoms with Crippen molar-refractivity contribution in [2.24, 2.45) is 0 Å². The zero-order chi connectivity index (χ0) is 25.3. The maximum Gasteiger partial charge on any atom is 0.326 e. The lowest BCUT2D eigenvalue weighted by molar-refractivity contribution is -0.147. The van der Waals surface area contributed by atoms with Crippen molar-refractivity contribution in [2.45, 2.75) is 161 Å². The number of aliphatic carboxylic acids is 2. The van der Waals surface area contributed by atoms with E-state index in [1.807, 2.05) is 0 Å². The molecule has 6 heteroatoms. The van der Waals surface area contributed by atoms with E-state index in [0.29, 0.717) is 6.42 Å². The smallest absolute Gasteiger partial charge is 0.326 e. The molecule has 34 heavy (non-hydrogen) atoms. The van der Waals surface area contributed by atoms with Crippen LogP contribution in [0.4, 0.5) is 0 Å². The third kappa shape index (κ3) is 23.6. The summed E-state index contributed by atoms with van der Waals surface area (Å²) in [5.41, 5.74) is 0. The maximum atomic E-state index is 11.8. The maximum absolute atomic E-state index is 11.8. The molecule has 0 saturated heterocycles. The topological polar surface area (TPSA) is 104 Å². The fourth-order valence-electron chi connectivity index (χ4n) is 4.36. The van der Waals surface area contributed by atoms with E-state index in [4.69, 9.17) is 10.2 Å². The summed E-state index contributed by atoms with van der Waals surface area (Å²) in [6.07, 6.45) is 27.1. The lowest BCUT2D eigenvalue weighted by Crippen LogP contribution is -2.42. The number of nitrogens with one attached hydrogen (secondary N) is 1. The van der Waals surface area contributed by atoms with Crippen LogP contribution in [0.1, 0.15) is 155 Å². The third-order valence-electron chi connectivity index (χ3n) is 6.52. The number of carboxylic acid groups (broad SMARTS) is 2. The second-order valence-electron chi connectivity index (χ2n) is 9.88. The molecular weight excluding hydrogens is 430 g/mol. The van der Waals surface area contributed by atoms with Gasteiger partial charge in [0.1, 0.15) is 6.04 Å². The van der Waals surface area contributed by atoms with Gasteiger partial charge in [0.05, 0.1) is 6.42 Å². The number of amides is 1. The molecule has 0 unspecified atom stereocenters. The van der Waals surface area contributed by atoms with Crippen molar-refractivity contribution in [1.82, 2.24) is 5.32 Å². The van der Waals surface area contributed by atoms with Gasteiger partial charge < -0.3 is 15.5 Å². The van der Waals surface area contributed by atoms with Crippen LogP contribution in [0.25, 0.3) is 0 Å². The van der Waals surface area contributed by atoms with E-state index in [0.717, 1.165) is 12.8 Å². The average Bonchev–Trinajstić information content (AvgIpc) is 2.79. The van der Waals surface area contributed by atoms with E-state index in [1.165, 1.54) is 116 Å². The summed E-state index contributed by atoms with van der Waals surface area (Å²) in [6.45, 7) is 2.27. The first kappa shape index (κ1) is 32.4.